The van der Waals surface area contributed by atoms with E-state index in [0.29, 0.717) is 30.3 Å². The number of phenols is 1. The Kier molecular flexibility index (Phi) is 10.2. The van der Waals surface area contributed by atoms with Crippen LogP contribution in [0.25, 0.3) is 10.8 Å². The Morgan fingerprint density at radius 3 is 1.64 bits per heavy atom. The van der Waals surface area contributed by atoms with Gasteiger partial charge in [-0.15, -0.1) is 20.5 Å². The molecule has 30 heteroatoms. The van der Waals surface area contributed by atoms with E-state index in [0.717, 1.165) is 0 Å². The van der Waals surface area contributed by atoms with Crippen LogP contribution in [0.2, 0.25) is 0 Å². The summed E-state index contributed by atoms with van der Waals surface area (Å²) >= 11 is 0. The van der Waals surface area contributed by atoms with Crippen molar-refractivity contribution in [3.63, 3.8) is 0 Å². The normalized spacial score (nSPS) is 13.1. The van der Waals surface area contributed by atoms with E-state index in [2.05, 4.69) is 20.5 Å². The highest BCUT2D eigenvalue weighted by Gasteiger charge is 2.30. The lowest BCUT2D eigenvalue weighted by Gasteiger charge is -2.14. The molecule has 0 bridgehead atoms. The van der Waals surface area contributed by atoms with Crippen LogP contribution in [0.4, 0.5) is 34.1 Å². The number of nitriles is 1. The highest BCUT2D eigenvalue weighted by Crippen LogP contribution is 2.49. The standard InChI is InChI=1S/C23H15N7O18S5/c24-8-9-3-11(49(34,35)36)5-17(52(43,44)45)21(9)28-27-14-7-15(50(37,38)39)12-6-18(53(46,47)48)22(23(31)19(12)20(14)25)29-26-13-2-1-10(30(32)33)4-16(13)51(40,41)42/h1-7,31H,25H2,(H,34,35,36)(H,37,38,39)(H,40,41,42)(H,43,44,45)(H,46,47,48). The number of fused-ring (bicyclic) bond motifs is 1. The number of benzene rings is 4. The maximum atomic E-state index is 12.4. The van der Waals surface area contributed by atoms with Crippen molar-refractivity contribution in [3.8, 4) is 11.8 Å². The van der Waals surface area contributed by atoms with Gasteiger partial charge in [-0.3, -0.25) is 32.9 Å². The largest absolute Gasteiger partial charge is 0.505 e. The number of non-ortho nitro benzene ring substituents is 1. The molecule has 0 saturated heterocycles. The zero-order valence-electron chi connectivity index (χ0n) is 24.9. The second-order valence-electron chi connectivity index (χ2n) is 9.92. The molecule has 280 valence electrons. The third-order valence-electron chi connectivity index (χ3n) is 6.57. The smallest absolute Gasteiger partial charge is 0.297 e. The van der Waals surface area contributed by atoms with Gasteiger partial charge in [-0.2, -0.15) is 47.4 Å². The number of nitrogens with zero attached hydrogens (tertiary/aromatic N) is 6. The summed E-state index contributed by atoms with van der Waals surface area (Å²) in [5.41, 5.74) is -1.11. The third kappa shape index (κ3) is 8.23. The Labute approximate surface area is 295 Å². The van der Waals surface area contributed by atoms with Crippen LogP contribution in [0.3, 0.4) is 0 Å². The molecule has 0 aliphatic rings. The van der Waals surface area contributed by atoms with Gasteiger partial charge in [0.15, 0.2) is 5.75 Å². The highest BCUT2D eigenvalue weighted by atomic mass is 32.2. The first-order chi connectivity index (χ1) is 24.1. The number of azo groups is 2. The topological polar surface area (TPSA) is 434 Å². The van der Waals surface area contributed by atoms with Crippen LogP contribution in [0.15, 0.2) is 87.4 Å². The van der Waals surface area contributed by atoms with Gasteiger partial charge in [-0.25, -0.2) is 0 Å². The molecule has 25 nitrogen and oxygen atoms in total. The van der Waals surface area contributed by atoms with Crippen molar-refractivity contribution < 1.29 is 74.9 Å². The molecule has 0 radical (unpaired) electrons. The molecule has 0 spiro atoms. The molecule has 0 aromatic heterocycles. The summed E-state index contributed by atoms with van der Waals surface area (Å²) in [6, 6.07) is 4.10. The number of nitrogen functional groups attached to an aromatic ring is 1. The molecular formula is C23H15N7O18S5. The molecule has 0 fully saturated rings. The van der Waals surface area contributed by atoms with Crippen LogP contribution in [-0.4, -0.2) is 74.9 Å². The summed E-state index contributed by atoms with van der Waals surface area (Å²) in [6.07, 6.45) is 0. The summed E-state index contributed by atoms with van der Waals surface area (Å²) in [4.78, 5) is 3.30. The fraction of sp³-hybridized carbons (Fsp3) is 0. The second-order valence-corrected chi connectivity index (χ2v) is 16.9. The molecule has 4 rings (SSSR count). The van der Waals surface area contributed by atoms with Gasteiger partial charge in [0.05, 0.1) is 26.5 Å². The first-order valence-electron chi connectivity index (χ1n) is 12.8. The molecule has 0 aliphatic heterocycles. The zero-order chi connectivity index (χ0) is 40.2. The summed E-state index contributed by atoms with van der Waals surface area (Å²) in [6.45, 7) is 0. The summed E-state index contributed by atoms with van der Waals surface area (Å²) in [7, 11) is -27.1. The molecule has 4 aromatic carbocycles. The lowest BCUT2D eigenvalue weighted by Crippen LogP contribution is -2.05. The van der Waals surface area contributed by atoms with Gasteiger partial charge >= 0.3 is 0 Å². The van der Waals surface area contributed by atoms with E-state index >= 15 is 0 Å². The minimum absolute atomic E-state index is 0.158. The summed E-state index contributed by atoms with van der Waals surface area (Å²) < 4.78 is 169. The van der Waals surface area contributed by atoms with E-state index < -0.39 is 136 Å². The number of phenolic OH excluding ortho intramolecular Hbond substituents is 1. The van der Waals surface area contributed by atoms with Crippen LogP contribution >= 0.6 is 0 Å². The fourth-order valence-electron chi connectivity index (χ4n) is 4.33. The van der Waals surface area contributed by atoms with Gasteiger partial charge in [0, 0.05) is 17.5 Å². The van der Waals surface area contributed by atoms with E-state index in [1.54, 1.807) is 0 Å². The van der Waals surface area contributed by atoms with Crippen molar-refractivity contribution in [2.45, 2.75) is 24.5 Å². The number of aromatic hydroxyl groups is 1. The predicted octanol–water partition coefficient (Wildman–Crippen LogP) is 2.97. The quantitative estimate of drug-likeness (QED) is 0.0397. The van der Waals surface area contributed by atoms with E-state index in [4.69, 9.17) is 5.73 Å². The van der Waals surface area contributed by atoms with Crippen LogP contribution in [-0.2, 0) is 50.6 Å². The van der Waals surface area contributed by atoms with E-state index in [-0.39, 0.29) is 12.1 Å². The van der Waals surface area contributed by atoms with Crippen molar-refractivity contribution in [2.24, 2.45) is 20.5 Å². The Balaban J connectivity index is 2.12. The molecule has 0 saturated carbocycles. The van der Waals surface area contributed by atoms with Gasteiger partial charge in [-0.1, -0.05) is 0 Å². The molecular weight excluding hydrogens is 823 g/mol. The lowest BCUT2D eigenvalue weighted by molar-refractivity contribution is -0.385. The highest BCUT2D eigenvalue weighted by molar-refractivity contribution is 7.87. The van der Waals surface area contributed by atoms with Crippen molar-refractivity contribution in [3.05, 3.63) is 58.1 Å². The number of hydrogen-bond acceptors (Lipinski definition) is 19. The Hall–Kier alpha value is -5.62. The monoisotopic (exact) mass is 837 g/mol. The van der Waals surface area contributed by atoms with Crippen molar-refractivity contribution in [1.82, 2.24) is 0 Å². The van der Waals surface area contributed by atoms with Crippen LogP contribution in [0.1, 0.15) is 5.56 Å². The first kappa shape index (κ1) is 40.2. The Morgan fingerprint density at radius 2 is 1.15 bits per heavy atom. The molecule has 0 heterocycles. The fourth-order valence-corrected chi connectivity index (χ4v) is 7.60. The van der Waals surface area contributed by atoms with Crippen LogP contribution in [0, 0.1) is 21.4 Å². The molecule has 8 N–H and O–H groups in total. The van der Waals surface area contributed by atoms with Crippen molar-refractivity contribution in [1.29, 1.82) is 5.26 Å². The molecule has 0 atom stereocenters. The summed E-state index contributed by atoms with van der Waals surface area (Å²) in [5, 5.41) is 43.4. The number of rotatable bonds is 10. The average molecular weight is 838 g/mol. The Bertz CT molecular complexity index is 2980. The number of nitro groups is 1. The van der Waals surface area contributed by atoms with Gasteiger partial charge < -0.3 is 10.8 Å². The minimum Gasteiger partial charge on any atom is -0.505 e. The predicted molar refractivity (Wildman–Crippen MR) is 172 cm³/mol. The SMILES string of the molecule is N#Cc1cc(S(=O)(=O)O)cc(S(=O)(=O)O)c1N=Nc1cc(S(=O)(=O)O)c2cc(S(=O)(=O)O)c(N=Nc3ccc([N+](=O)[O-])cc3S(=O)(=O)O)c(O)c2c1N. The number of hydrogen-bond donors (Lipinski definition) is 7. The third-order valence-corrected chi connectivity index (χ3v) is 10.9. The lowest BCUT2D eigenvalue weighted by atomic mass is 10.0. The van der Waals surface area contributed by atoms with Gasteiger partial charge in [0.1, 0.15) is 48.4 Å². The average Bonchev–Trinajstić information content (AvgIpc) is 3.00. The summed E-state index contributed by atoms with van der Waals surface area (Å²) in [5.74, 6) is -1.51. The second kappa shape index (κ2) is 13.4. The molecule has 0 amide bonds. The zero-order valence-corrected chi connectivity index (χ0v) is 29.0. The van der Waals surface area contributed by atoms with Gasteiger partial charge in [-0.05, 0) is 30.3 Å². The minimum atomic E-state index is -5.58. The molecule has 53 heavy (non-hydrogen) atoms. The van der Waals surface area contributed by atoms with Crippen LogP contribution in [0.5, 0.6) is 5.75 Å². The van der Waals surface area contributed by atoms with E-state index in [9.17, 15) is 85.3 Å². The molecule has 0 unspecified atom stereocenters. The van der Waals surface area contributed by atoms with E-state index in [1.165, 1.54) is 6.07 Å². The first-order valence-corrected chi connectivity index (χ1v) is 20.0. The van der Waals surface area contributed by atoms with Crippen molar-refractivity contribution >= 4 is 95.5 Å². The molecule has 0 aliphatic carbocycles. The number of anilines is 1. The molecule has 4 aromatic rings. The Morgan fingerprint density at radius 1 is 0.642 bits per heavy atom. The maximum Gasteiger partial charge on any atom is 0.297 e. The van der Waals surface area contributed by atoms with E-state index in [1.807, 2.05) is 0 Å². The number of nitro benzene ring substituents is 1. The van der Waals surface area contributed by atoms with Gasteiger partial charge in [0.2, 0.25) is 0 Å². The van der Waals surface area contributed by atoms with Gasteiger partial charge in [0.25, 0.3) is 56.3 Å². The van der Waals surface area contributed by atoms with Crippen LogP contribution < -0.4 is 5.73 Å². The number of nitrogens with two attached hydrogens (primary N) is 1. The van der Waals surface area contributed by atoms with Crippen molar-refractivity contribution in [2.75, 3.05) is 5.73 Å². The maximum absolute atomic E-state index is 12.4.